The monoisotopic (exact) mass is 1340 g/mol. The Morgan fingerprint density at radius 3 is 1.83 bits per heavy atom. The zero-order valence-corrected chi connectivity index (χ0v) is 54.5. The molecule has 27 nitrogen and oxygen atoms in total. The molecule has 0 fully saturated rings. The molecule has 1 aliphatic carbocycles. The van der Waals surface area contributed by atoms with Crippen LogP contribution in [0.3, 0.4) is 0 Å². The number of amides is 6. The van der Waals surface area contributed by atoms with E-state index in [-0.39, 0.29) is 112 Å². The summed E-state index contributed by atoms with van der Waals surface area (Å²) >= 11 is 0. The molecule has 524 valence electrons. The molecule has 6 amide bonds. The van der Waals surface area contributed by atoms with Crippen molar-refractivity contribution in [2.24, 2.45) is 11.7 Å². The van der Waals surface area contributed by atoms with E-state index >= 15 is 13.2 Å². The normalized spacial score (nSPS) is 16.0. The number of alkyl carbamates (subject to hydrolysis) is 1. The lowest BCUT2D eigenvalue weighted by Crippen LogP contribution is -2.54. The van der Waals surface area contributed by atoms with Gasteiger partial charge in [0.2, 0.25) is 17.7 Å². The summed E-state index contributed by atoms with van der Waals surface area (Å²) < 4.78 is 108. The van der Waals surface area contributed by atoms with Crippen molar-refractivity contribution in [1.29, 1.82) is 0 Å². The van der Waals surface area contributed by atoms with Crippen molar-refractivity contribution in [3.8, 4) is 11.4 Å². The number of primary amides is 1. The van der Waals surface area contributed by atoms with Crippen molar-refractivity contribution in [1.82, 2.24) is 30.8 Å². The molecule has 4 atom stereocenters. The van der Waals surface area contributed by atoms with Gasteiger partial charge in [-0.1, -0.05) is 27.7 Å². The zero-order chi connectivity index (χ0) is 68.4. The summed E-state index contributed by atoms with van der Waals surface area (Å²) in [5, 5.41) is 24.8. The van der Waals surface area contributed by atoms with Crippen molar-refractivity contribution in [3.05, 3.63) is 91.0 Å². The number of aryl methyl sites for hydroxylation is 1. The van der Waals surface area contributed by atoms with Crippen LogP contribution in [-0.2, 0) is 103 Å². The van der Waals surface area contributed by atoms with E-state index in [0.29, 0.717) is 120 Å². The fourth-order valence-corrected chi connectivity index (χ4v) is 11.1. The number of rotatable bonds is 43. The number of aromatic nitrogens is 2. The molecular formula is C65H89F3N8O19. The Balaban J connectivity index is 0.822. The van der Waals surface area contributed by atoms with Gasteiger partial charge in [0, 0.05) is 47.8 Å². The lowest BCUT2D eigenvalue weighted by atomic mass is 9.81. The first-order valence-electron chi connectivity index (χ1n) is 32.1. The predicted molar refractivity (Wildman–Crippen MR) is 336 cm³/mol. The molecule has 30 heteroatoms. The van der Waals surface area contributed by atoms with Crippen LogP contribution in [0.5, 0.6) is 0 Å². The first kappa shape index (κ1) is 75.0. The number of esters is 1. The van der Waals surface area contributed by atoms with Gasteiger partial charge in [-0.2, -0.15) is 0 Å². The van der Waals surface area contributed by atoms with Crippen LogP contribution >= 0.6 is 0 Å². The second-order valence-electron chi connectivity index (χ2n) is 23.1. The molecule has 7 rings (SSSR count). The molecule has 0 spiro atoms. The van der Waals surface area contributed by atoms with Gasteiger partial charge in [0.05, 0.1) is 153 Å². The quantitative estimate of drug-likeness (QED) is 0.0206. The number of carbonyl (C=O) groups is 6. The lowest BCUT2D eigenvalue weighted by Gasteiger charge is -2.31. The number of nitrogens with one attached hydrogen (secondary N) is 5. The number of nitrogens with two attached hydrogens (primary N) is 1. The van der Waals surface area contributed by atoms with Crippen LogP contribution in [0.15, 0.2) is 29.1 Å². The van der Waals surface area contributed by atoms with Crippen molar-refractivity contribution >= 4 is 52.4 Å². The van der Waals surface area contributed by atoms with Crippen LogP contribution in [-0.4, -0.2) is 188 Å². The molecule has 0 saturated carbocycles. The summed E-state index contributed by atoms with van der Waals surface area (Å²) in [7, 11) is 0. The van der Waals surface area contributed by atoms with Crippen LogP contribution < -0.4 is 37.9 Å². The highest BCUT2D eigenvalue weighted by Crippen LogP contribution is 2.46. The Morgan fingerprint density at radius 2 is 1.29 bits per heavy atom. The highest BCUT2D eigenvalue weighted by atomic mass is 19.1. The maximum Gasteiger partial charge on any atom is 0.407 e. The number of hydrogen-bond donors (Lipinski definition) is 7. The van der Waals surface area contributed by atoms with Crippen LogP contribution in [0, 0.1) is 30.3 Å². The van der Waals surface area contributed by atoms with Crippen LogP contribution in [0.2, 0.25) is 0 Å². The number of nitrogens with zero attached hydrogens (tertiary/aromatic N) is 2. The maximum absolute atomic E-state index is 15.9. The third kappa shape index (κ3) is 21.1. The number of pyridine rings is 2. The minimum Gasteiger partial charge on any atom is -0.458 e. The summed E-state index contributed by atoms with van der Waals surface area (Å²) in [6, 6.07) is 0.205. The van der Waals surface area contributed by atoms with E-state index in [9.17, 15) is 38.7 Å². The molecule has 4 heterocycles. The van der Waals surface area contributed by atoms with Crippen molar-refractivity contribution in [3.63, 3.8) is 0 Å². The minimum absolute atomic E-state index is 0.00604. The fourth-order valence-electron chi connectivity index (χ4n) is 11.1. The molecule has 2 aromatic carbocycles. The molecular weight excluding hydrogens is 1250 g/mol. The van der Waals surface area contributed by atoms with Crippen LogP contribution in [0.25, 0.3) is 22.3 Å². The zero-order valence-electron chi connectivity index (χ0n) is 54.5. The van der Waals surface area contributed by atoms with E-state index in [1.54, 1.807) is 27.7 Å². The predicted octanol–water partition coefficient (Wildman–Crippen LogP) is 4.68. The van der Waals surface area contributed by atoms with E-state index in [4.69, 9.17) is 62.8 Å². The van der Waals surface area contributed by atoms with Gasteiger partial charge in [-0.05, 0) is 86.3 Å². The lowest BCUT2D eigenvalue weighted by molar-refractivity contribution is -0.172. The second kappa shape index (κ2) is 37.8. The summed E-state index contributed by atoms with van der Waals surface area (Å²) in [5.41, 5.74) is 4.50. The number of carbonyl (C=O) groups excluding carboxylic acids is 6. The number of ether oxygens (including phenoxy) is 11. The standard InChI is InChI=1S/C65H89F3N8O19/c1-6-14-85-16-18-87-20-22-89-24-26-91-28-30-93-31-29-92-27-25-90-23-21-88-19-17-86-15-12-54(77)75-57(39(3)4)60(79)73-51(9-8-13-70-63(69)82)59(78)71-41-32-48(67)45(49(68)33-41)38-95-64(83)74-50-11-10-42-40(5)47(66)35-52-55(42)56(50)43-36-76-53(58(43)72-52)34-46-44(61(76)80)37-94-62(81)65(46,84)7-2/h32-35,39,50-51,57,84H,6-31,36-38H2,1-5H3,(H,71,78)(H,73,79)(H,74,83)(H,75,77)(H3,69,70,82)/t50-,51-,57-,65-/m0/s1. The summed E-state index contributed by atoms with van der Waals surface area (Å²) in [5.74, 6) is -6.48. The Labute approximate surface area is 548 Å². The third-order valence-electron chi connectivity index (χ3n) is 16.1. The molecule has 2 aromatic heterocycles. The summed E-state index contributed by atoms with van der Waals surface area (Å²) in [6.07, 6.45) is 0.235. The number of urea groups is 1. The number of aliphatic hydroxyl groups is 1. The molecule has 8 N–H and O–H groups in total. The third-order valence-corrected chi connectivity index (χ3v) is 16.1. The van der Waals surface area contributed by atoms with E-state index in [1.807, 2.05) is 0 Å². The minimum atomic E-state index is -2.10. The first-order valence-corrected chi connectivity index (χ1v) is 32.1. The number of fused-ring (bicyclic) bond motifs is 5. The second-order valence-corrected chi connectivity index (χ2v) is 23.1. The van der Waals surface area contributed by atoms with Gasteiger partial charge in [0.15, 0.2) is 5.60 Å². The van der Waals surface area contributed by atoms with Gasteiger partial charge in [-0.25, -0.2) is 32.5 Å². The molecule has 3 aliphatic rings. The smallest absolute Gasteiger partial charge is 0.407 e. The number of hydrogen-bond acceptors (Lipinski definition) is 20. The molecule has 0 saturated heterocycles. The Kier molecular flexibility index (Phi) is 29.8. The molecule has 95 heavy (non-hydrogen) atoms. The number of halogens is 3. The van der Waals surface area contributed by atoms with E-state index in [1.165, 1.54) is 16.7 Å². The number of anilines is 1. The van der Waals surface area contributed by atoms with Gasteiger partial charge in [-0.3, -0.25) is 19.2 Å². The SMILES string of the molecule is CCCOCCOCCOCCOCCOCCOCCOCCOCCOCCC(=O)N[C@H](C(=O)N[C@@H](CCCNC(N)=O)C(=O)Nc1cc(F)c(COC(=O)N[C@H]2CCc3c(C)c(F)cc4nc5c(c2c34)Cn2c-5cc3c(c2=O)COC(=O)[C@]3(O)CC)c(F)c1)C(C)C. The number of cyclic esters (lactones) is 1. The fraction of sp³-hybridized carbons (Fsp3) is 0.600. The highest BCUT2D eigenvalue weighted by Gasteiger charge is 2.46. The molecule has 2 aliphatic heterocycles. The average molecular weight is 1340 g/mol. The molecule has 4 aromatic rings. The summed E-state index contributed by atoms with van der Waals surface area (Å²) in [4.78, 5) is 97.3. The van der Waals surface area contributed by atoms with E-state index in [2.05, 4.69) is 33.5 Å². The van der Waals surface area contributed by atoms with Gasteiger partial charge in [0.25, 0.3) is 5.56 Å². The average Bonchev–Trinajstić information content (AvgIpc) is 1.62. The Bertz CT molecular complexity index is 3320. The highest BCUT2D eigenvalue weighted by molar-refractivity contribution is 5.99. The van der Waals surface area contributed by atoms with Gasteiger partial charge < -0.3 is 94.1 Å². The Morgan fingerprint density at radius 1 is 0.737 bits per heavy atom. The molecule has 0 radical (unpaired) electrons. The molecule has 0 bridgehead atoms. The topological polar surface area (TPSA) is 345 Å². The van der Waals surface area contributed by atoms with Crippen molar-refractivity contribution in [2.45, 2.75) is 123 Å². The van der Waals surface area contributed by atoms with Crippen LogP contribution in [0.1, 0.15) is 111 Å². The summed E-state index contributed by atoms with van der Waals surface area (Å²) in [6.45, 7) is 14.6. The van der Waals surface area contributed by atoms with E-state index < -0.39 is 101 Å². The van der Waals surface area contributed by atoms with Crippen molar-refractivity contribution < 1.29 is 99.2 Å². The van der Waals surface area contributed by atoms with Crippen LogP contribution in [0.4, 0.5) is 28.4 Å². The van der Waals surface area contributed by atoms with Crippen molar-refractivity contribution in [2.75, 3.05) is 131 Å². The largest absolute Gasteiger partial charge is 0.458 e. The van der Waals surface area contributed by atoms with Gasteiger partial charge in [0.1, 0.15) is 42.7 Å². The Hall–Kier alpha value is -7.39. The molecule has 0 unspecified atom stereocenters. The first-order chi connectivity index (χ1) is 45.8. The number of benzene rings is 2. The maximum atomic E-state index is 15.9. The van der Waals surface area contributed by atoms with Gasteiger partial charge >= 0.3 is 18.1 Å². The van der Waals surface area contributed by atoms with E-state index in [0.717, 1.165) is 25.2 Å². The van der Waals surface area contributed by atoms with Gasteiger partial charge in [-0.15, -0.1) is 0 Å².